The summed E-state index contributed by atoms with van der Waals surface area (Å²) in [6.07, 6.45) is 1.79. The number of benzene rings is 1. The fourth-order valence-corrected chi connectivity index (χ4v) is 2.39. The zero-order chi connectivity index (χ0) is 14.3. The van der Waals surface area contributed by atoms with Crippen molar-refractivity contribution in [3.05, 3.63) is 23.8 Å². The summed E-state index contributed by atoms with van der Waals surface area (Å²) in [5, 5.41) is 3.87. The van der Waals surface area contributed by atoms with Gasteiger partial charge >= 0.3 is 0 Å². The van der Waals surface area contributed by atoms with Crippen LogP contribution in [-0.4, -0.2) is 31.5 Å². The summed E-state index contributed by atoms with van der Waals surface area (Å²) >= 11 is 3.39. The minimum Gasteiger partial charge on any atom is -0.493 e. The highest BCUT2D eigenvalue weighted by atomic mass is 79.9. The number of nitrogens with one attached hydrogen (secondary N) is 1. The quantitative estimate of drug-likeness (QED) is 0.782. The molecular formula is C14H20BrNO3. The highest BCUT2D eigenvalue weighted by Gasteiger charge is 2.18. The molecule has 5 heteroatoms. The van der Waals surface area contributed by atoms with Gasteiger partial charge in [0.25, 0.3) is 5.91 Å². The molecule has 106 valence electrons. The maximum absolute atomic E-state index is 12.3. The first kappa shape index (κ1) is 15.8. The summed E-state index contributed by atoms with van der Waals surface area (Å²) in [5.41, 5.74) is 0.495. The van der Waals surface area contributed by atoms with Gasteiger partial charge in [-0.3, -0.25) is 4.79 Å². The van der Waals surface area contributed by atoms with Crippen molar-refractivity contribution in [2.75, 3.05) is 19.5 Å². The number of alkyl halides is 1. The number of para-hydroxylation sites is 1. The number of halogens is 1. The average Bonchev–Trinajstić information content (AvgIpc) is 2.45. The zero-order valence-electron chi connectivity index (χ0n) is 11.5. The molecule has 0 saturated carbocycles. The van der Waals surface area contributed by atoms with Crippen molar-refractivity contribution in [3.8, 4) is 11.5 Å². The van der Waals surface area contributed by atoms with Gasteiger partial charge in [-0.05, 0) is 25.0 Å². The Morgan fingerprint density at radius 3 is 2.63 bits per heavy atom. The van der Waals surface area contributed by atoms with E-state index in [-0.39, 0.29) is 11.9 Å². The van der Waals surface area contributed by atoms with Crippen LogP contribution in [0, 0.1) is 0 Å². The van der Waals surface area contributed by atoms with Crippen LogP contribution in [0.5, 0.6) is 11.5 Å². The number of hydrogen-bond acceptors (Lipinski definition) is 3. The number of carbonyl (C=O) groups excluding carboxylic acids is 1. The van der Waals surface area contributed by atoms with E-state index in [1.807, 2.05) is 0 Å². The Morgan fingerprint density at radius 1 is 1.37 bits per heavy atom. The third-order valence-electron chi connectivity index (χ3n) is 2.93. The fraction of sp³-hybridized carbons (Fsp3) is 0.500. The van der Waals surface area contributed by atoms with Crippen LogP contribution in [0.15, 0.2) is 18.2 Å². The number of ether oxygens (including phenoxy) is 2. The number of amides is 1. The number of hydrogen-bond donors (Lipinski definition) is 1. The first-order valence-electron chi connectivity index (χ1n) is 6.25. The summed E-state index contributed by atoms with van der Waals surface area (Å²) in [4.78, 5) is 12.3. The normalized spacial score (nSPS) is 11.8. The molecule has 1 rings (SSSR count). The molecule has 0 fully saturated rings. The summed E-state index contributed by atoms with van der Waals surface area (Å²) < 4.78 is 10.5. The first-order valence-corrected chi connectivity index (χ1v) is 7.37. The van der Waals surface area contributed by atoms with Crippen LogP contribution >= 0.6 is 15.9 Å². The van der Waals surface area contributed by atoms with Gasteiger partial charge in [0.05, 0.1) is 19.8 Å². The molecule has 1 atom stereocenters. The lowest BCUT2D eigenvalue weighted by Crippen LogP contribution is -2.34. The molecule has 1 unspecified atom stereocenters. The van der Waals surface area contributed by atoms with Crippen LogP contribution in [0.1, 0.15) is 30.1 Å². The highest BCUT2D eigenvalue weighted by molar-refractivity contribution is 9.09. The van der Waals surface area contributed by atoms with Crippen molar-refractivity contribution >= 4 is 21.8 Å². The van der Waals surface area contributed by atoms with Crippen molar-refractivity contribution in [2.24, 2.45) is 0 Å². The van der Waals surface area contributed by atoms with Gasteiger partial charge in [0.15, 0.2) is 11.5 Å². The zero-order valence-corrected chi connectivity index (χ0v) is 13.1. The molecule has 0 saturated heterocycles. The van der Waals surface area contributed by atoms with E-state index in [0.717, 1.165) is 18.2 Å². The average molecular weight is 330 g/mol. The second-order valence-corrected chi connectivity index (χ2v) is 4.89. The maximum atomic E-state index is 12.3. The lowest BCUT2D eigenvalue weighted by Gasteiger charge is -2.17. The lowest BCUT2D eigenvalue weighted by molar-refractivity contribution is 0.0931. The third-order valence-corrected chi connectivity index (χ3v) is 3.39. The van der Waals surface area contributed by atoms with Crippen LogP contribution in [0.3, 0.4) is 0 Å². The summed E-state index contributed by atoms with van der Waals surface area (Å²) in [5.74, 6) is 0.892. The van der Waals surface area contributed by atoms with Gasteiger partial charge in [-0.1, -0.05) is 28.9 Å². The molecule has 1 amide bonds. The minimum atomic E-state index is -0.136. The van der Waals surface area contributed by atoms with E-state index in [0.29, 0.717) is 17.1 Å². The van der Waals surface area contributed by atoms with Crippen LogP contribution in [-0.2, 0) is 0 Å². The van der Waals surface area contributed by atoms with Crippen LogP contribution in [0.25, 0.3) is 0 Å². The monoisotopic (exact) mass is 329 g/mol. The van der Waals surface area contributed by atoms with Crippen molar-refractivity contribution in [1.82, 2.24) is 5.32 Å². The number of rotatable bonds is 7. The Kier molecular flexibility index (Phi) is 6.70. The van der Waals surface area contributed by atoms with Crippen molar-refractivity contribution < 1.29 is 14.3 Å². The van der Waals surface area contributed by atoms with Gasteiger partial charge in [-0.2, -0.15) is 0 Å². The Bertz CT molecular complexity index is 423. The Hall–Kier alpha value is -1.23. The molecular weight excluding hydrogens is 310 g/mol. The molecule has 0 spiro atoms. The van der Waals surface area contributed by atoms with E-state index in [1.165, 1.54) is 7.11 Å². The van der Waals surface area contributed by atoms with Crippen LogP contribution in [0.4, 0.5) is 0 Å². The van der Waals surface area contributed by atoms with Gasteiger partial charge in [0.2, 0.25) is 0 Å². The molecule has 19 heavy (non-hydrogen) atoms. The van der Waals surface area contributed by atoms with Crippen LogP contribution < -0.4 is 14.8 Å². The molecule has 0 bridgehead atoms. The van der Waals surface area contributed by atoms with E-state index in [1.54, 1.807) is 25.3 Å². The van der Waals surface area contributed by atoms with Gasteiger partial charge in [-0.25, -0.2) is 0 Å². The van der Waals surface area contributed by atoms with E-state index in [2.05, 4.69) is 28.2 Å². The van der Waals surface area contributed by atoms with Crippen molar-refractivity contribution in [1.29, 1.82) is 0 Å². The molecule has 0 aliphatic heterocycles. The van der Waals surface area contributed by atoms with Crippen LogP contribution in [0.2, 0.25) is 0 Å². The van der Waals surface area contributed by atoms with E-state index in [9.17, 15) is 4.79 Å². The van der Waals surface area contributed by atoms with Gasteiger partial charge in [0.1, 0.15) is 0 Å². The SMILES string of the molecule is CCC(CCBr)NC(=O)c1cccc(OC)c1OC. The van der Waals surface area contributed by atoms with E-state index in [4.69, 9.17) is 9.47 Å². The summed E-state index contributed by atoms with van der Waals surface area (Å²) in [6, 6.07) is 5.44. The molecule has 1 N–H and O–H groups in total. The Balaban J connectivity index is 2.92. The van der Waals surface area contributed by atoms with Crippen molar-refractivity contribution in [3.63, 3.8) is 0 Å². The lowest BCUT2D eigenvalue weighted by atomic mass is 10.1. The molecule has 0 aliphatic carbocycles. The molecule has 0 radical (unpaired) electrons. The van der Waals surface area contributed by atoms with E-state index < -0.39 is 0 Å². The number of methoxy groups -OCH3 is 2. The molecule has 0 aliphatic rings. The predicted molar refractivity (Wildman–Crippen MR) is 79.5 cm³/mol. The number of carbonyl (C=O) groups is 1. The molecule has 4 nitrogen and oxygen atoms in total. The Labute approximate surface area is 122 Å². The van der Waals surface area contributed by atoms with Gasteiger partial charge in [0, 0.05) is 11.4 Å². The Morgan fingerprint density at radius 2 is 2.11 bits per heavy atom. The van der Waals surface area contributed by atoms with Gasteiger partial charge < -0.3 is 14.8 Å². The first-order chi connectivity index (χ1) is 9.17. The highest BCUT2D eigenvalue weighted by Crippen LogP contribution is 2.30. The van der Waals surface area contributed by atoms with Gasteiger partial charge in [-0.15, -0.1) is 0 Å². The maximum Gasteiger partial charge on any atom is 0.255 e. The smallest absolute Gasteiger partial charge is 0.255 e. The second kappa shape index (κ2) is 8.04. The standard InChI is InChI=1S/C14H20BrNO3/c1-4-10(8-9-15)16-14(17)11-6-5-7-12(18-2)13(11)19-3/h5-7,10H,4,8-9H2,1-3H3,(H,16,17). The summed E-state index contributed by atoms with van der Waals surface area (Å²) in [6.45, 7) is 2.05. The second-order valence-electron chi connectivity index (χ2n) is 4.10. The molecule has 1 aromatic carbocycles. The summed E-state index contributed by atoms with van der Waals surface area (Å²) in [7, 11) is 3.09. The van der Waals surface area contributed by atoms with Crippen molar-refractivity contribution in [2.45, 2.75) is 25.8 Å². The fourth-order valence-electron chi connectivity index (χ4n) is 1.84. The third kappa shape index (κ3) is 4.13. The largest absolute Gasteiger partial charge is 0.493 e. The predicted octanol–water partition coefficient (Wildman–Crippen LogP) is 3.00. The topological polar surface area (TPSA) is 47.6 Å². The molecule has 0 heterocycles. The minimum absolute atomic E-state index is 0.136. The molecule has 0 aromatic heterocycles. The van der Waals surface area contributed by atoms with E-state index >= 15 is 0 Å². The molecule has 1 aromatic rings.